The third-order valence-electron chi connectivity index (χ3n) is 3.92. The maximum Gasteiger partial charge on any atom is 0.278 e. The van der Waals surface area contributed by atoms with Crippen LogP contribution in [0.25, 0.3) is 11.3 Å². The normalized spacial score (nSPS) is 12.6. The topological polar surface area (TPSA) is 55.1 Å². The molecule has 0 atom stereocenters. The molecule has 1 aromatic carbocycles. The zero-order valence-corrected chi connectivity index (χ0v) is 14.1. The molecule has 0 aliphatic heterocycles. The Bertz CT molecular complexity index is 882. The van der Waals surface area contributed by atoms with Gasteiger partial charge in [-0.15, -0.1) is 23.1 Å². The van der Waals surface area contributed by atoms with Crippen LogP contribution in [0.2, 0.25) is 0 Å². The molecule has 4 rings (SSSR count). The summed E-state index contributed by atoms with van der Waals surface area (Å²) >= 11 is 3.36. The number of benzene rings is 1. The number of fused-ring (bicyclic) bond motifs is 3. The lowest BCUT2D eigenvalue weighted by atomic mass is 9.95. The van der Waals surface area contributed by atoms with E-state index < -0.39 is 0 Å². The first-order valence-electron chi connectivity index (χ1n) is 7.27. The van der Waals surface area contributed by atoms with Crippen LogP contribution in [0, 0.1) is 0 Å². The predicted molar refractivity (Wildman–Crippen MR) is 93.4 cm³/mol. The van der Waals surface area contributed by atoms with Gasteiger partial charge in [0.25, 0.3) is 5.91 Å². The number of hydrogen-bond donors (Lipinski definition) is 1. The fourth-order valence-corrected chi connectivity index (χ4v) is 4.13. The molecule has 1 aliphatic rings. The number of carbonyl (C=O) groups is 1. The minimum atomic E-state index is -0.216. The quantitative estimate of drug-likeness (QED) is 0.713. The number of nitrogens with zero attached hydrogens (tertiary/aromatic N) is 1. The summed E-state index contributed by atoms with van der Waals surface area (Å²) in [4.78, 5) is 15.0. The summed E-state index contributed by atoms with van der Waals surface area (Å²) in [6.07, 6.45) is 3.73. The van der Waals surface area contributed by atoms with Crippen molar-refractivity contribution in [2.45, 2.75) is 17.7 Å². The van der Waals surface area contributed by atoms with Crippen molar-refractivity contribution in [3.05, 3.63) is 51.8 Å². The first-order valence-corrected chi connectivity index (χ1v) is 9.37. The van der Waals surface area contributed by atoms with E-state index in [9.17, 15) is 4.79 Å². The molecular weight excluding hydrogens is 328 g/mol. The lowest BCUT2D eigenvalue weighted by Gasteiger charge is -2.10. The number of aryl methyl sites for hydroxylation is 1. The minimum absolute atomic E-state index is 0.216. The SMILES string of the molecule is CSc1cccc(NC(=O)c2noc3c2CCc2sccc2-3)c1. The smallest absolute Gasteiger partial charge is 0.278 e. The Morgan fingerprint density at radius 1 is 1.35 bits per heavy atom. The van der Waals surface area contributed by atoms with Crippen LogP contribution in [0.1, 0.15) is 20.9 Å². The highest BCUT2D eigenvalue weighted by Crippen LogP contribution is 2.38. The Hall–Kier alpha value is -2.05. The van der Waals surface area contributed by atoms with Gasteiger partial charge in [0.1, 0.15) is 0 Å². The first kappa shape index (κ1) is 14.5. The molecule has 23 heavy (non-hydrogen) atoms. The second kappa shape index (κ2) is 5.86. The van der Waals surface area contributed by atoms with Crippen LogP contribution in [0.5, 0.6) is 0 Å². The number of anilines is 1. The Morgan fingerprint density at radius 2 is 2.26 bits per heavy atom. The molecule has 0 saturated carbocycles. The molecule has 116 valence electrons. The number of amides is 1. The molecule has 2 aromatic heterocycles. The number of rotatable bonds is 3. The van der Waals surface area contributed by atoms with E-state index in [-0.39, 0.29) is 5.91 Å². The van der Waals surface area contributed by atoms with Crippen molar-refractivity contribution < 1.29 is 9.32 Å². The van der Waals surface area contributed by atoms with Crippen molar-refractivity contribution >= 4 is 34.7 Å². The Morgan fingerprint density at radius 3 is 3.13 bits per heavy atom. The van der Waals surface area contributed by atoms with Crippen molar-refractivity contribution in [3.8, 4) is 11.3 Å². The third kappa shape index (κ3) is 2.58. The van der Waals surface area contributed by atoms with Crippen LogP contribution >= 0.6 is 23.1 Å². The van der Waals surface area contributed by atoms with Crippen LogP contribution < -0.4 is 5.32 Å². The number of carbonyl (C=O) groups excluding carboxylic acids is 1. The van der Waals surface area contributed by atoms with Gasteiger partial charge >= 0.3 is 0 Å². The minimum Gasteiger partial charge on any atom is -0.355 e. The van der Waals surface area contributed by atoms with Gasteiger partial charge in [-0.25, -0.2) is 0 Å². The van der Waals surface area contributed by atoms with Gasteiger partial charge in [0.15, 0.2) is 11.5 Å². The summed E-state index contributed by atoms with van der Waals surface area (Å²) in [7, 11) is 0. The van der Waals surface area contributed by atoms with Crippen molar-refractivity contribution in [2.75, 3.05) is 11.6 Å². The van der Waals surface area contributed by atoms with E-state index in [4.69, 9.17) is 4.52 Å². The van der Waals surface area contributed by atoms with E-state index in [1.165, 1.54) is 4.88 Å². The Labute approximate surface area is 141 Å². The molecule has 0 saturated heterocycles. The largest absolute Gasteiger partial charge is 0.355 e. The molecule has 3 aromatic rings. The standard InChI is InChI=1S/C17H14N2O2S2/c1-22-11-4-2-3-10(9-11)18-17(20)15-13-5-6-14-12(7-8-23-14)16(13)21-19-15/h2-4,7-9H,5-6H2,1H3,(H,18,20). The highest BCUT2D eigenvalue weighted by Gasteiger charge is 2.28. The average molecular weight is 342 g/mol. The van der Waals surface area contributed by atoms with Crippen molar-refractivity contribution in [2.24, 2.45) is 0 Å². The highest BCUT2D eigenvalue weighted by molar-refractivity contribution is 7.98. The summed E-state index contributed by atoms with van der Waals surface area (Å²) < 4.78 is 5.47. The number of hydrogen-bond acceptors (Lipinski definition) is 5. The monoisotopic (exact) mass is 342 g/mol. The Balaban J connectivity index is 1.63. The summed E-state index contributed by atoms with van der Waals surface area (Å²) in [5.41, 5.74) is 3.15. The van der Waals surface area contributed by atoms with Crippen molar-refractivity contribution in [1.29, 1.82) is 0 Å². The number of nitrogens with one attached hydrogen (secondary N) is 1. The van der Waals surface area contributed by atoms with Gasteiger partial charge in [0, 0.05) is 26.6 Å². The van der Waals surface area contributed by atoms with Gasteiger partial charge in [0.05, 0.1) is 0 Å². The molecule has 1 amide bonds. The van der Waals surface area contributed by atoms with Gasteiger partial charge in [-0.1, -0.05) is 11.2 Å². The van der Waals surface area contributed by atoms with Crippen molar-refractivity contribution in [1.82, 2.24) is 5.16 Å². The second-order valence-corrected chi connectivity index (χ2v) is 7.16. The average Bonchev–Trinajstić information content (AvgIpc) is 3.20. The maximum atomic E-state index is 12.6. The molecule has 0 spiro atoms. The fraction of sp³-hybridized carbons (Fsp3) is 0.176. The summed E-state index contributed by atoms with van der Waals surface area (Å²) in [6, 6.07) is 9.80. The van der Waals surface area contributed by atoms with E-state index in [0.717, 1.165) is 40.3 Å². The van der Waals surface area contributed by atoms with Gasteiger partial charge in [-0.05, 0) is 48.7 Å². The van der Waals surface area contributed by atoms with Gasteiger partial charge in [-0.3, -0.25) is 4.79 Å². The fourth-order valence-electron chi connectivity index (χ4n) is 2.80. The maximum absolute atomic E-state index is 12.6. The van der Waals surface area contributed by atoms with Crippen LogP contribution in [0.4, 0.5) is 5.69 Å². The molecule has 1 N–H and O–H groups in total. The van der Waals surface area contributed by atoms with E-state index in [1.807, 2.05) is 36.6 Å². The zero-order chi connectivity index (χ0) is 15.8. The van der Waals surface area contributed by atoms with E-state index in [0.29, 0.717) is 5.69 Å². The summed E-state index contributed by atoms with van der Waals surface area (Å²) in [5, 5.41) is 8.99. The first-order chi connectivity index (χ1) is 11.3. The number of thioether (sulfide) groups is 1. The molecule has 0 radical (unpaired) electrons. The molecule has 1 aliphatic carbocycles. The van der Waals surface area contributed by atoms with E-state index in [2.05, 4.69) is 15.9 Å². The zero-order valence-electron chi connectivity index (χ0n) is 12.5. The molecule has 0 bridgehead atoms. The summed E-state index contributed by atoms with van der Waals surface area (Å²) in [6.45, 7) is 0. The molecule has 0 fully saturated rings. The van der Waals surface area contributed by atoms with Gasteiger partial charge in [-0.2, -0.15) is 0 Å². The van der Waals surface area contributed by atoms with Crippen LogP contribution in [-0.2, 0) is 12.8 Å². The third-order valence-corrected chi connectivity index (χ3v) is 5.63. The lowest BCUT2D eigenvalue weighted by Crippen LogP contribution is -2.15. The number of thiophene rings is 1. The molecule has 0 unspecified atom stereocenters. The van der Waals surface area contributed by atoms with Gasteiger partial charge < -0.3 is 9.84 Å². The van der Waals surface area contributed by atoms with Gasteiger partial charge in [0.2, 0.25) is 0 Å². The van der Waals surface area contributed by atoms with Crippen LogP contribution in [0.15, 0.2) is 45.1 Å². The number of aromatic nitrogens is 1. The highest BCUT2D eigenvalue weighted by atomic mass is 32.2. The van der Waals surface area contributed by atoms with E-state index >= 15 is 0 Å². The van der Waals surface area contributed by atoms with Crippen molar-refractivity contribution in [3.63, 3.8) is 0 Å². The Kier molecular flexibility index (Phi) is 3.71. The lowest BCUT2D eigenvalue weighted by molar-refractivity contribution is 0.101. The second-order valence-electron chi connectivity index (χ2n) is 5.28. The molecule has 2 heterocycles. The molecule has 4 nitrogen and oxygen atoms in total. The summed E-state index contributed by atoms with van der Waals surface area (Å²) in [5.74, 6) is 0.530. The van der Waals surface area contributed by atoms with Crippen LogP contribution in [-0.4, -0.2) is 17.3 Å². The molecular formula is C17H14N2O2S2. The van der Waals surface area contributed by atoms with Crippen LogP contribution in [0.3, 0.4) is 0 Å². The predicted octanol–water partition coefficient (Wildman–Crippen LogP) is 4.48. The van der Waals surface area contributed by atoms with E-state index in [1.54, 1.807) is 23.1 Å². The molecule has 6 heteroatoms.